The van der Waals surface area contributed by atoms with Crippen molar-refractivity contribution < 1.29 is 4.74 Å². The number of rotatable bonds is 8. The summed E-state index contributed by atoms with van der Waals surface area (Å²) in [6.45, 7) is 9.32. The highest BCUT2D eigenvalue weighted by molar-refractivity contribution is 5.14. The molecule has 0 aliphatic rings. The molecule has 1 atom stereocenters. The van der Waals surface area contributed by atoms with Crippen LogP contribution in [0.2, 0.25) is 0 Å². The van der Waals surface area contributed by atoms with Crippen LogP contribution in [0.25, 0.3) is 0 Å². The van der Waals surface area contributed by atoms with Crippen molar-refractivity contribution in [3.63, 3.8) is 0 Å². The van der Waals surface area contributed by atoms with Crippen LogP contribution in [0.1, 0.15) is 47.0 Å². The minimum atomic E-state index is 0.571. The van der Waals surface area contributed by atoms with E-state index in [0.717, 1.165) is 31.4 Å². The standard InChI is InChI=1S/C16H26O/c1-6-8-9-16(7-2)11-10-15(5)13-17-12-14(3)4/h1,10-11,13-14,16H,7-9,12H2,2-5H3/b11-10+,15-13+. The first-order valence-electron chi connectivity index (χ1n) is 6.50. The second-order valence-corrected chi connectivity index (χ2v) is 4.86. The van der Waals surface area contributed by atoms with Crippen molar-refractivity contribution in [2.24, 2.45) is 11.8 Å². The first-order valence-corrected chi connectivity index (χ1v) is 6.50. The van der Waals surface area contributed by atoms with Gasteiger partial charge in [-0.15, -0.1) is 12.3 Å². The van der Waals surface area contributed by atoms with E-state index in [4.69, 9.17) is 11.2 Å². The molecule has 0 aromatic rings. The quantitative estimate of drug-likeness (QED) is 0.340. The zero-order valence-corrected chi connectivity index (χ0v) is 11.7. The molecule has 0 rings (SSSR count). The number of hydrogen-bond donors (Lipinski definition) is 0. The van der Waals surface area contributed by atoms with Crippen molar-refractivity contribution in [1.82, 2.24) is 0 Å². The van der Waals surface area contributed by atoms with E-state index in [2.05, 4.69) is 45.8 Å². The lowest BCUT2D eigenvalue weighted by Gasteiger charge is -2.07. The maximum atomic E-state index is 5.46. The van der Waals surface area contributed by atoms with Gasteiger partial charge in [-0.1, -0.05) is 32.9 Å². The molecule has 0 aliphatic heterocycles. The summed E-state index contributed by atoms with van der Waals surface area (Å²) in [5.41, 5.74) is 1.16. The van der Waals surface area contributed by atoms with Crippen LogP contribution in [0.5, 0.6) is 0 Å². The maximum Gasteiger partial charge on any atom is 0.0896 e. The van der Waals surface area contributed by atoms with E-state index in [9.17, 15) is 0 Å². The fourth-order valence-corrected chi connectivity index (χ4v) is 1.40. The molecular formula is C16H26O. The number of hydrogen-bond acceptors (Lipinski definition) is 1. The van der Waals surface area contributed by atoms with Gasteiger partial charge in [0.2, 0.25) is 0 Å². The largest absolute Gasteiger partial charge is 0.501 e. The second-order valence-electron chi connectivity index (χ2n) is 4.86. The zero-order chi connectivity index (χ0) is 13.1. The Kier molecular flexibility index (Phi) is 9.34. The van der Waals surface area contributed by atoms with Crippen LogP contribution in [-0.4, -0.2) is 6.61 Å². The average Bonchev–Trinajstić information content (AvgIpc) is 2.29. The van der Waals surface area contributed by atoms with E-state index >= 15 is 0 Å². The number of ether oxygens (including phenoxy) is 1. The van der Waals surface area contributed by atoms with Gasteiger partial charge in [0.15, 0.2) is 0 Å². The molecule has 0 spiro atoms. The Labute approximate surface area is 107 Å². The fraction of sp³-hybridized carbons (Fsp3) is 0.625. The number of terminal acetylenes is 1. The summed E-state index contributed by atoms with van der Waals surface area (Å²) >= 11 is 0. The van der Waals surface area contributed by atoms with Crippen LogP contribution < -0.4 is 0 Å². The lowest BCUT2D eigenvalue weighted by molar-refractivity contribution is 0.210. The van der Waals surface area contributed by atoms with Gasteiger partial charge in [-0.25, -0.2) is 0 Å². The third-order valence-electron chi connectivity index (χ3n) is 2.51. The van der Waals surface area contributed by atoms with Crippen molar-refractivity contribution in [3.8, 4) is 12.3 Å². The Morgan fingerprint density at radius 2 is 2.12 bits per heavy atom. The van der Waals surface area contributed by atoms with Crippen LogP contribution in [-0.2, 0) is 4.74 Å². The predicted octanol–water partition coefficient (Wildman–Crippen LogP) is 4.56. The molecule has 0 N–H and O–H groups in total. The summed E-state index contributed by atoms with van der Waals surface area (Å²) in [4.78, 5) is 0. The molecule has 1 unspecified atom stereocenters. The maximum absolute atomic E-state index is 5.46. The molecule has 0 aromatic heterocycles. The van der Waals surface area contributed by atoms with Crippen LogP contribution in [0.15, 0.2) is 24.0 Å². The van der Waals surface area contributed by atoms with Crippen molar-refractivity contribution in [3.05, 3.63) is 24.0 Å². The molecule has 0 aliphatic carbocycles. The molecule has 1 nitrogen and oxygen atoms in total. The molecule has 0 fully saturated rings. The summed E-state index contributed by atoms with van der Waals surface area (Å²) in [7, 11) is 0. The van der Waals surface area contributed by atoms with Crippen molar-refractivity contribution in [1.29, 1.82) is 0 Å². The molecule has 96 valence electrons. The Morgan fingerprint density at radius 3 is 2.65 bits per heavy atom. The van der Waals surface area contributed by atoms with Crippen LogP contribution >= 0.6 is 0 Å². The van der Waals surface area contributed by atoms with Crippen LogP contribution in [0.3, 0.4) is 0 Å². The van der Waals surface area contributed by atoms with Crippen molar-refractivity contribution >= 4 is 0 Å². The summed E-state index contributed by atoms with van der Waals surface area (Å²) in [6.07, 6.45) is 14.5. The van der Waals surface area contributed by atoms with E-state index in [1.165, 1.54) is 0 Å². The Balaban J connectivity index is 4.05. The lowest BCUT2D eigenvalue weighted by atomic mass is 9.99. The Bertz CT molecular complexity index is 278. The smallest absolute Gasteiger partial charge is 0.0896 e. The monoisotopic (exact) mass is 234 g/mol. The third kappa shape index (κ3) is 9.75. The Hall–Kier alpha value is -1.16. The third-order valence-corrected chi connectivity index (χ3v) is 2.51. The van der Waals surface area contributed by atoms with Gasteiger partial charge in [0.05, 0.1) is 12.9 Å². The zero-order valence-electron chi connectivity index (χ0n) is 11.7. The number of allylic oxidation sites excluding steroid dienone is 3. The molecule has 0 amide bonds. The SMILES string of the molecule is C#CCCC(/C=C/C(C)=C/OCC(C)C)CC. The van der Waals surface area contributed by atoms with Crippen LogP contribution in [0, 0.1) is 24.2 Å². The molecule has 0 saturated carbocycles. The molecule has 1 heteroatoms. The second kappa shape index (κ2) is 10.0. The van der Waals surface area contributed by atoms with Crippen LogP contribution in [0.4, 0.5) is 0 Å². The van der Waals surface area contributed by atoms with Gasteiger partial charge < -0.3 is 4.74 Å². The van der Waals surface area contributed by atoms with Gasteiger partial charge >= 0.3 is 0 Å². The van der Waals surface area contributed by atoms with E-state index in [0.29, 0.717) is 11.8 Å². The first-order chi connectivity index (χ1) is 8.10. The van der Waals surface area contributed by atoms with Gasteiger partial charge in [0, 0.05) is 6.42 Å². The van der Waals surface area contributed by atoms with Gasteiger partial charge in [0.25, 0.3) is 0 Å². The van der Waals surface area contributed by atoms with Crippen molar-refractivity contribution in [2.45, 2.75) is 47.0 Å². The van der Waals surface area contributed by atoms with Gasteiger partial charge in [0.1, 0.15) is 0 Å². The summed E-state index contributed by atoms with van der Waals surface area (Å²) in [6, 6.07) is 0. The minimum absolute atomic E-state index is 0.571. The summed E-state index contributed by atoms with van der Waals surface area (Å²) < 4.78 is 5.46. The molecule has 0 aromatic carbocycles. The molecule has 0 heterocycles. The van der Waals surface area contributed by atoms with E-state index in [1.807, 2.05) is 6.26 Å². The van der Waals surface area contributed by atoms with Gasteiger partial charge in [-0.05, 0) is 37.2 Å². The molecular weight excluding hydrogens is 208 g/mol. The molecule has 17 heavy (non-hydrogen) atoms. The normalized spacial score (nSPS) is 14.0. The molecule has 0 saturated heterocycles. The highest BCUT2D eigenvalue weighted by atomic mass is 16.5. The molecule has 0 bridgehead atoms. The highest BCUT2D eigenvalue weighted by Gasteiger charge is 1.99. The lowest BCUT2D eigenvalue weighted by Crippen LogP contribution is -1.97. The minimum Gasteiger partial charge on any atom is -0.501 e. The van der Waals surface area contributed by atoms with Gasteiger partial charge in [-0.2, -0.15) is 0 Å². The first kappa shape index (κ1) is 15.8. The van der Waals surface area contributed by atoms with Gasteiger partial charge in [-0.3, -0.25) is 0 Å². The van der Waals surface area contributed by atoms with E-state index < -0.39 is 0 Å². The predicted molar refractivity (Wildman–Crippen MR) is 75.5 cm³/mol. The average molecular weight is 234 g/mol. The van der Waals surface area contributed by atoms with E-state index in [1.54, 1.807) is 0 Å². The molecule has 0 radical (unpaired) electrons. The Morgan fingerprint density at radius 1 is 1.41 bits per heavy atom. The highest BCUT2D eigenvalue weighted by Crippen LogP contribution is 2.13. The van der Waals surface area contributed by atoms with E-state index in [-0.39, 0.29) is 0 Å². The topological polar surface area (TPSA) is 9.23 Å². The summed E-state index contributed by atoms with van der Waals surface area (Å²) in [5, 5.41) is 0. The van der Waals surface area contributed by atoms with Crippen molar-refractivity contribution in [2.75, 3.05) is 6.61 Å². The summed E-state index contributed by atoms with van der Waals surface area (Å²) in [5.74, 6) is 3.85. The fourth-order valence-electron chi connectivity index (χ4n) is 1.40.